The van der Waals surface area contributed by atoms with Crippen LogP contribution in [0.4, 0.5) is 0 Å². The van der Waals surface area contributed by atoms with Crippen molar-refractivity contribution in [3.05, 3.63) is 64.6 Å². The molecule has 0 amide bonds. The smallest absolute Gasteiger partial charge is 0.241 e. The quantitative estimate of drug-likeness (QED) is 0.544. The number of sulfonamides is 1. The second-order valence-corrected chi connectivity index (χ2v) is 9.56. The molecule has 0 atom stereocenters. The largest absolute Gasteiger partial charge is 0.241 e. The van der Waals surface area contributed by atoms with Crippen LogP contribution in [0.15, 0.2) is 58.8 Å². The standard InChI is InChI=1S/C18H15N3O2S3/c1-12-20-16-9-15(7-8-17(16)25-12)26(22,23)19-10-14-11-24-18(21-14)13-5-3-2-4-6-13/h2-9,11,19H,10H2,1H3. The van der Waals surface area contributed by atoms with E-state index in [0.29, 0.717) is 11.2 Å². The molecule has 8 heteroatoms. The van der Waals surface area contributed by atoms with E-state index in [-0.39, 0.29) is 11.4 Å². The van der Waals surface area contributed by atoms with Crippen LogP contribution in [0.3, 0.4) is 0 Å². The summed E-state index contributed by atoms with van der Waals surface area (Å²) in [5.41, 5.74) is 2.43. The van der Waals surface area contributed by atoms with Crippen LogP contribution in [0.2, 0.25) is 0 Å². The number of fused-ring (bicyclic) bond motifs is 1. The van der Waals surface area contributed by atoms with Crippen molar-refractivity contribution >= 4 is 42.9 Å². The molecule has 132 valence electrons. The van der Waals surface area contributed by atoms with Gasteiger partial charge in [0.05, 0.1) is 32.4 Å². The number of benzene rings is 2. The highest BCUT2D eigenvalue weighted by atomic mass is 32.2. The zero-order chi connectivity index (χ0) is 18.1. The molecule has 0 fully saturated rings. The molecule has 4 aromatic rings. The third-order valence-corrected chi connectivity index (χ3v) is 7.08. The average Bonchev–Trinajstić information content (AvgIpc) is 3.25. The van der Waals surface area contributed by atoms with Gasteiger partial charge in [-0.15, -0.1) is 22.7 Å². The Morgan fingerprint density at radius 2 is 1.88 bits per heavy atom. The molecule has 5 nitrogen and oxygen atoms in total. The molecular formula is C18H15N3O2S3. The van der Waals surface area contributed by atoms with Gasteiger partial charge in [0.1, 0.15) is 5.01 Å². The maximum atomic E-state index is 12.6. The van der Waals surface area contributed by atoms with E-state index in [1.54, 1.807) is 29.5 Å². The van der Waals surface area contributed by atoms with E-state index in [4.69, 9.17) is 0 Å². The Balaban J connectivity index is 1.52. The fourth-order valence-corrected chi connectivity index (χ4v) is 5.20. The number of aryl methyl sites for hydroxylation is 1. The zero-order valence-electron chi connectivity index (χ0n) is 13.8. The molecule has 0 unspecified atom stereocenters. The maximum Gasteiger partial charge on any atom is 0.241 e. The lowest BCUT2D eigenvalue weighted by molar-refractivity contribution is 0.580. The van der Waals surface area contributed by atoms with Gasteiger partial charge >= 0.3 is 0 Å². The van der Waals surface area contributed by atoms with Gasteiger partial charge in [-0.05, 0) is 25.1 Å². The fraction of sp³-hybridized carbons (Fsp3) is 0.111. The number of hydrogen-bond donors (Lipinski definition) is 1. The summed E-state index contributed by atoms with van der Waals surface area (Å²) < 4.78 is 28.7. The number of nitrogens with one attached hydrogen (secondary N) is 1. The molecular weight excluding hydrogens is 386 g/mol. The molecule has 0 aliphatic heterocycles. The first-order valence-electron chi connectivity index (χ1n) is 7.88. The van der Waals surface area contributed by atoms with E-state index < -0.39 is 10.0 Å². The number of rotatable bonds is 5. The first-order valence-corrected chi connectivity index (χ1v) is 11.1. The normalized spacial score (nSPS) is 11.9. The average molecular weight is 402 g/mol. The minimum Gasteiger partial charge on any atom is -0.241 e. The van der Waals surface area contributed by atoms with E-state index in [1.807, 2.05) is 42.6 Å². The van der Waals surface area contributed by atoms with Gasteiger partial charge in [0.25, 0.3) is 0 Å². The van der Waals surface area contributed by atoms with Gasteiger partial charge in [0.15, 0.2) is 0 Å². The van der Waals surface area contributed by atoms with Crippen LogP contribution in [0.25, 0.3) is 20.8 Å². The molecule has 0 saturated heterocycles. The van der Waals surface area contributed by atoms with Crippen molar-refractivity contribution in [2.75, 3.05) is 0 Å². The summed E-state index contributed by atoms with van der Waals surface area (Å²) in [6, 6.07) is 14.8. The molecule has 2 aromatic carbocycles. The molecule has 1 N–H and O–H groups in total. The highest BCUT2D eigenvalue weighted by Gasteiger charge is 2.16. The van der Waals surface area contributed by atoms with Gasteiger partial charge in [0.2, 0.25) is 10.0 Å². The Morgan fingerprint density at radius 3 is 2.69 bits per heavy atom. The summed E-state index contributed by atoms with van der Waals surface area (Å²) in [6.07, 6.45) is 0. The first kappa shape index (κ1) is 17.3. The van der Waals surface area contributed by atoms with E-state index in [9.17, 15) is 8.42 Å². The Hall–Kier alpha value is -2.13. The van der Waals surface area contributed by atoms with Gasteiger partial charge < -0.3 is 0 Å². The Labute approximate surface area is 159 Å². The van der Waals surface area contributed by atoms with E-state index in [1.165, 1.54) is 11.3 Å². The van der Waals surface area contributed by atoms with Crippen LogP contribution < -0.4 is 4.72 Å². The lowest BCUT2D eigenvalue weighted by atomic mass is 10.2. The number of aromatic nitrogens is 2. The third kappa shape index (κ3) is 3.54. The van der Waals surface area contributed by atoms with Crippen molar-refractivity contribution in [1.82, 2.24) is 14.7 Å². The monoisotopic (exact) mass is 401 g/mol. The molecule has 0 radical (unpaired) electrons. The number of nitrogens with zero attached hydrogens (tertiary/aromatic N) is 2. The van der Waals surface area contributed by atoms with Crippen molar-refractivity contribution in [1.29, 1.82) is 0 Å². The van der Waals surface area contributed by atoms with Crippen molar-refractivity contribution in [3.63, 3.8) is 0 Å². The Morgan fingerprint density at radius 1 is 1.08 bits per heavy atom. The van der Waals surface area contributed by atoms with Crippen molar-refractivity contribution < 1.29 is 8.42 Å². The summed E-state index contributed by atoms with van der Waals surface area (Å²) in [5.74, 6) is 0. The van der Waals surface area contributed by atoms with Crippen LogP contribution in [0.5, 0.6) is 0 Å². The van der Waals surface area contributed by atoms with Gasteiger partial charge in [0, 0.05) is 10.9 Å². The van der Waals surface area contributed by atoms with Gasteiger partial charge in [-0.25, -0.2) is 23.1 Å². The molecule has 0 saturated carbocycles. The summed E-state index contributed by atoms with van der Waals surface area (Å²) >= 11 is 3.05. The Bertz CT molecular complexity index is 1160. The van der Waals surface area contributed by atoms with Crippen molar-refractivity contribution in [2.24, 2.45) is 0 Å². The van der Waals surface area contributed by atoms with E-state index in [0.717, 1.165) is 20.3 Å². The maximum absolute atomic E-state index is 12.6. The van der Waals surface area contributed by atoms with Crippen LogP contribution in [-0.4, -0.2) is 18.4 Å². The molecule has 4 rings (SSSR count). The highest BCUT2D eigenvalue weighted by Crippen LogP contribution is 2.25. The summed E-state index contributed by atoms with van der Waals surface area (Å²) in [7, 11) is -3.62. The van der Waals surface area contributed by atoms with Crippen LogP contribution in [-0.2, 0) is 16.6 Å². The minimum absolute atomic E-state index is 0.153. The van der Waals surface area contributed by atoms with Crippen molar-refractivity contribution in [2.45, 2.75) is 18.4 Å². The second kappa shape index (κ2) is 6.88. The van der Waals surface area contributed by atoms with Gasteiger partial charge in [-0.2, -0.15) is 0 Å². The van der Waals surface area contributed by atoms with Crippen LogP contribution >= 0.6 is 22.7 Å². The molecule has 0 bridgehead atoms. The number of thiazole rings is 2. The predicted molar refractivity (Wildman–Crippen MR) is 106 cm³/mol. The molecule has 0 aliphatic carbocycles. The summed E-state index contributed by atoms with van der Waals surface area (Å²) in [4.78, 5) is 9.09. The van der Waals surface area contributed by atoms with Crippen molar-refractivity contribution in [3.8, 4) is 10.6 Å². The van der Waals surface area contributed by atoms with E-state index in [2.05, 4.69) is 14.7 Å². The lowest BCUT2D eigenvalue weighted by Crippen LogP contribution is -2.23. The van der Waals surface area contributed by atoms with E-state index >= 15 is 0 Å². The number of hydrogen-bond acceptors (Lipinski definition) is 6. The predicted octanol–water partition coefficient (Wildman–Crippen LogP) is 4.21. The molecule has 26 heavy (non-hydrogen) atoms. The van der Waals surface area contributed by atoms with Crippen LogP contribution in [0, 0.1) is 6.92 Å². The summed E-state index contributed by atoms with van der Waals surface area (Å²) in [6.45, 7) is 2.06. The topological polar surface area (TPSA) is 72.0 Å². The fourth-order valence-electron chi connectivity index (χ4n) is 2.54. The minimum atomic E-state index is -3.62. The first-order chi connectivity index (χ1) is 12.5. The molecule has 0 spiro atoms. The van der Waals surface area contributed by atoms with Crippen LogP contribution in [0.1, 0.15) is 10.7 Å². The molecule has 2 heterocycles. The summed E-state index contributed by atoms with van der Waals surface area (Å²) in [5, 5.41) is 3.66. The SMILES string of the molecule is Cc1nc2cc(S(=O)(=O)NCc3csc(-c4ccccc4)n3)ccc2s1. The van der Waals surface area contributed by atoms with Gasteiger partial charge in [-0.3, -0.25) is 0 Å². The molecule has 2 aromatic heterocycles. The Kier molecular flexibility index (Phi) is 4.58. The third-order valence-electron chi connectivity index (χ3n) is 3.79. The van der Waals surface area contributed by atoms with Gasteiger partial charge in [-0.1, -0.05) is 30.3 Å². The zero-order valence-corrected chi connectivity index (χ0v) is 16.3. The lowest BCUT2D eigenvalue weighted by Gasteiger charge is -2.05. The highest BCUT2D eigenvalue weighted by molar-refractivity contribution is 7.89. The second-order valence-electron chi connectivity index (χ2n) is 5.70. The molecule has 0 aliphatic rings.